The van der Waals surface area contributed by atoms with Crippen LogP contribution in [-0.2, 0) is 0 Å². The van der Waals surface area contributed by atoms with Crippen LogP contribution in [0.1, 0.15) is 37.1 Å². The molecule has 6 nitrogen and oxygen atoms in total. The standard InChI is InChI=1S/C17H22N4O2/c1-13-11-14(2)20(18-13)17-12-15(7-8-16(17)21(22)23)19-9-5-3-4-6-10-19/h7-8,11-12H,3-6,9-10H2,1-2H3. The van der Waals surface area contributed by atoms with Crippen molar-refractivity contribution >= 4 is 11.4 Å². The number of nitrogens with zero attached hydrogens (tertiary/aromatic N) is 4. The Labute approximate surface area is 135 Å². The second-order valence-electron chi connectivity index (χ2n) is 6.17. The summed E-state index contributed by atoms with van der Waals surface area (Å²) in [5, 5.41) is 15.8. The van der Waals surface area contributed by atoms with Gasteiger partial charge >= 0.3 is 0 Å². The zero-order valence-electron chi connectivity index (χ0n) is 13.7. The van der Waals surface area contributed by atoms with Crippen molar-refractivity contribution in [3.8, 4) is 5.69 Å². The molecule has 0 spiro atoms. The van der Waals surface area contributed by atoms with Crippen molar-refractivity contribution < 1.29 is 4.92 Å². The number of rotatable bonds is 3. The van der Waals surface area contributed by atoms with Crippen molar-refractivity contribution in [2.75, 3.05) is 18.0 Å². The van der Waals surface area contributed by atoms with Gasteiger partial charge in [-0.1, -0.05) is 12.8 Å². The molecule has 0 amide bonds. The maximum absolute atomic E-state index is 11.4. The number of nitro groups is 1. The molecular formula is C17H22N4O2. The van der Waals surface area contributed by atoms with Gasteiger partial charge in [0.05, 0.1) is 10.6 Å². The lowest BCUT2D eigenvalue weighted by Crippen LogP contribution is -2.24. The van der Waals surface area contributed by atoms with Gasteiger partial charge in [0, 0.05) is 30.5 Å². The molecule has 0 N–H and O–H groups in total. The van der Waals surface area contributed by atoms with Crippen LogP contribution in [0.5, 0.6) is 0 Å². The van der Waals surface area contributed by atoms with Crippen LogP contribution >= 0.6 is 0 Å². The summed E-state index contributed by atoms with van der Waals surface area (Å²) in [6.45, 7) is 5.83. The lowest BCUT2D eigenvalue weighted by atomic mass is 10.2. The molecule has 0 atom stereocenters. The molecule has 6 heteroatoms. The fourth-order valence-electron chi connectivity index (χ4n) is 3.23. The van der Waals surface area contributed by atoms with Gasteiger partial charge in [-0.25, -0.2) is 4.68 Å². The molecular weight excluding hydrogens is 292 g/mol. The Morgan fingerprint density at radius 3 is 2.35 bits per heavy atom. The molecule has 122 valence electrons. The van der Waals surface area contributed by atoms with Crippen LogP contribution in [0.25, 0.3) is 5.69 Å². The van der Waals surface area contributed by atoms with E-state index in [0.717, 1.165) is 30.2 Å². The minimum absolute atomic E-state index is 0.0924. The normalized spacial score (nSPS) is 15.5. The van der Waals surface area contributed by atoms with E-state index in [1.54, 1.807) is 10.7 Å². The maximum Gasteiger partial charge on any atom is 0.295 e. The fraction of sp³-hybridized carbons (Fsp3) is 0.471. The number of hydrogen-bond donors (Lipinski definition) is 0. The molecule has 1 aromatic heterocycles. The quantitative estimate of drug-likeness (QED) is 0.639. The molecule has 23 heavy (non-hydrogen) atoms. The Morgan fingerprint density at radius 1 is 1.09 bits per heavy atom. The van der Waals surface area contributed by atoms with E-state index in [2.05, 4.69) is 10.00 Å². The van der Waals surface area contributed by atoms with Gasteiger partial charge in [0.25, 0.3) is 5.69 Å². The van der Waals surface area contributed by atoms with Crippen molar-refractivity contribution in [3.05, 3.63) is 45.8 Å². The van der Waals surface area contributed by atoms with Crippen molar-refractivity contribution in [1.29, 1.82) is 0 Å². The molecule has 1 saturated heterocycles. The first-order chi connectivity index (χ1) is 11.1. The average Bonchev–Trinajstić information content (AvgIpc) is 2.73. The zero-order valence-corrected chi connectivity index (χ0v) is 13.7. The third-order valence-electron chi connectivity index (χ3n) is 4.36. The summed E-state index contributed by atoms with van der Waals surface area (Å²) in [4.78, 5) is 13.4. The first-order valence-electron chi connectivity index (χ1n) is 8.13. The van der Waals surface area contributed by atoms with E-state index in [1.165, 1.54) is 25.7 Å². The molecule has 0 bridgehead atoms. The van der Waals surface area contributed by atoms with E-state index in [9.17, 15) is 10.1 Å². The number of nitro benzene ring substituents is 1. The summed E-state index contributed by atoms with van der Waals surface area (Å²) in [5.41, 5.74) is 3.44. The number of aryl methyl sites for hydroxylation is 2. The van der Waals surface area contributed by atoms with E-state index in [-0.39, 0.29) is 10.6 Å². The molecule has 0 radical (unpaired) electrons. The van der Waals surface area contributed by atoms with Crippen LogP contribution < -0.4 is 4.90 Å². The molecule has 1 fully saturated rings. The number of hydrogen-bond acceptors (Lipinski definition) is 4. The first-order valence-corrected chi connectivity index (χ1v) is 8.13. The van der Waals surface area contributed by atoms with Crippen LogP contribution in [0.4, 0.5) is 11.4 Å². The predicted molar refractivity (Wildman–Crippen MR) is 90.4 cm³/mol. The van der Waals surface area contributed by atoms with Gasteiger partial charge in [-0.2, -0.15) is 5.10 Å². The molecule has 0 unspecified atom stereocenters. The largest absolute Gasteiger partial charge is 0.371 e. The Morgan fingerprint density at radius 2 is 1.78 bits per heavy atom. The molecule has 0 saturated carbocycles. The number of benzene rings is 1. The summed E-state index contributed by atoms with van der Waals surface area (Å²) >= 11 is 0. The van der Waals surface area contributed by atoms with E-state index in [0.29, 0.717) is 5.69 Å². The smallest absolute Gasteiger partial charge is 0.295 e. The van der Waals surface area contributed by atoms with Crippen LogP contribution in [-0.4, -0.2) is 27.8 Å². The molecule has 2 aromatic rings. The van der Waals surface area contributed by atoms with E-state index in [1.807, 2.05) is 32.0 Å². The SMILES string of the molecule is Cc1cc(C)n(-c2cc(N3CCCCCC3)ccc2[N+](=O)[O-])n1. The van der Waals surface area contributed by atoms with Gasteiger partial charge in [0.1, 0.15) is 5.69 Å². The van der Waals surface area contributed by atoms with Gasteiger partial charge in [-0.05, 0) is 44.9 Å². The lowest BCUT2D eigenvalue weighted by Gasteiger charge is -2.23. The van der Waals surface area contributed by atoms with Crippen LogP contribution in [0, 0.1) is 24.0 Å². The van der Waals surface area contributed by atoms with Crippen molar-refractivity contribution in [3.63, 3.8) is 0 Å². The van der Waals surface area contributed by atoms with Crippen molar-refractivity contribution in [1.82, 2.24) is 9.78 Å². The Bertz CT molecular complexity index is 715. The van der Waals surface area contributed by atoms with Crippen LogP contribution in [0.15, 0.2) is 24.3 Å². The van der Waals surface area contributed by atoms with Gasteiger partial charge in [-0.15, -0.1) is 0 Å². The minimum Gasteiger partial charge on any atom is -0.371 e. The molecule has 1 aliphatic rings. The van der Waals surface area contributed by atoms with Crippen LogP contribution in [0.2, 0.25) is 0 Å². The van der Waals surface area contributed by atoms with Gasteiger partial charge in [-0.3, -0.25) is 10.1 Å². The highest BCUT2D eigenvalue weighted by atomic mass is 16.6. The fourth-order valence-corrected chi connectivity index (χ4v) is 3.23. The van der Waals surface area contributed by atoms with Gasteiger partial charge < -0.3 is 4.90 Å². The van der Waals surface area contributed by atoms with Crippen LogP contribution in [0.3, 0.4) is 0 Å². The summed E-state index contributed by atoms with van der Waals surface area (Å²) in [6.07, 6.45) is 4.86. The Kier molecular flexibility index (Phi) is 4.32. The maximum atomic E-state index is 11.4. The summed E-state index contributed by atoms with van der Waals surface area (Å²) in [7, 11) is 0. The number of aromatic nitrogens is 2. The predicted octanol–water partition coefficient (Wildman–Crippen LogP) is 3.78. The van der Waals surface area contributed by atoms with E-state index >= 15 is 0 Å². The zero-order chi connectivity index (χ0) is 16.4. The molecule has 1 aromatic carbocycles. The second kappa shape index (κ2) is 6.40. The number of anilines is 1. The van der Waals surface area contributed by atoms with Crippen molar-refractivity contribution in [2.24, 2.45) is 0 Å². The highest BCUT2D eigenvalue weighted by Gasteiger charge is 2.20. The molecule has 2 heterocycles. The highest BCUT2D eigenvalue weighted by molar-refractivity contribution is 5.63. The van der Waals surface area contributed by atoms with Crippen molar-refractivity contribution in [2.45, 2.75) is 39.5 Å². The van der Waals surface area contributed by atoms with Gasteiger partial charge in [0.15, 0.2) is 0 Å². The van der Waals surface area contributed by atoms with Gasteiger partial charge in [0.2, 0.25) is 0 Å². The third kappa shape index (κ3) is 3.21. The Hall–Kier alpha value is -2.37. The van der Waals surface area contributed by atoms with E-state index in [4.69, 9.17) is 0 Å². The summed E-state index contributed by atoms with van der Waals surface area (Å²) < 4.78 is 1.68. The monoisotopic (exact) mass is 314 g/mol. The summed E-state index contributed by atoms with van der Waals surface area (Å²) in [6, 6.07) is 7.30. The Balaban J connectivity index is 2.06. The molecule has 0 aliphatic carbocycles. The highest BCUT2D eigenvalue weighted by Crippen LogP contribution is 2.30. The lowest BCUT2D eigenvalue weighted by molar-refractivity contribution is -0.384. The third-order valence-corrected chi connectivity index (χ3v) is 4.36. The summed E-state index contributed by atoms with van der Waals surface area (Å²) in [5.74, 6) is 0. The molecule has 3 rings (SSSR count). The first kappa shape index (κ1) is 15.5. The average molecular weight is 314 g/mol. The van der Waals surface area contributed by atoms with E-state index < -0.39 is 0 Å². The second-order valence-corrected chi connectivity index (χ2v) is 6.17. The topological polar surface area (TPSA) is 64.2 Å². The molecule has 1 aliphatic heterocycles. The minimum atomic E-state index is -0.335.